The van der Waals surface area contributed by atoms with Crippen molar-refractivity contribution in [3.8, 4) is 6.07 Å². The maximum Gasteiger partial charge on any atom is 0.448 e. The molecule has 3 atom stereocenters. The van der Waals surface area contributed by atoms with Crippen LogP contribution in [0.2, 0.25) is 0 Å². The molecule has 1 amide bonds. The van der Waals surface area contributed by atoms with E-state index in [-0.39, 0.29) is 34.5 Å². The SMILES string of the molecule is CCS(=O)(=O)c1ccc([C@H](CO)NC(=O)c2ccc(N3CC(c4ccc(C(F)(F)F)cc4)CC[C@H]3COC(F)(F)C#N)nc2)cc1. The summed E-state index contributed by atoms with van der Waals surface area (Å²) in [5.74, 6) is -0.668. The molecule has 0 radical (unpaired) electrons. The summed E-state index contributed by atoms with van der Waals surface area (Å²) in [5.41, 5.74) is 0.392. The second kappa shape index (κ2) is 14.1. The first-order chi connectivity index (χ1) is 21.7. The summed E-state index contributed by atoms with van der Waals surface area (Å²) in [6, 6.07) is 12.7. The van der Waals surface area contributed by atoms with Gasteiger partial charge in [0.1, 0.15) is 5.82 Å². The molecule has 0 saturated carbocycles. The third-order valence-corrected chi connectivity index (χ3v) is 9.57. The zero-order valence-electron chi connectivity index (χ0n) is 24.5. The van der Waals surface area contributed by atoms with Crippen molar-refractivity contribution in [2.45, 2.75) is 54.9 Å². The van der Waals surface area contributed by atoms with Gasteiger partial charge < -0.3 is 20.1 Å². The first kappa shape index (κ1) is 34.7. The van der Waals surface area contributed by atoms with Gasteiger partial charge in [0.25, 0.3) is 5.91 Å². The van der Waals surface area contributed by atoms with Crippen LogP contribution >= 0.6 is 0 Å². The van der Waals surface area contributed by atoms with Crippen LogP contribution in [0.15, 0.2) is 71.8 Å². The molecule has 15 heteroatoms. The molecule has 1 unspecified atom stereocenters. The number of aromatic nitrogens is 1. The zero-order chi connectivity index (χ0) is 33.7. The number of carbonyl (C=O) groups excluding carboxylic acids is 1. The van der Waals surface area contributed by atoms with Crippen molar-refractivity contribution in [3.63, 3.8) is 0 Å². The number of anilines is 1. The summed E-state index contributed by atoms with van der Waals surface area (Å²) in [6.07, 6.45) is -6.52. The molecule has 0 bridgehead atoms. The maximum absolute atomic E-state index is 13.6. The van der Waals surface area contributed by atoms with E-state index >= 15 is 0 Å². The molecule has 2 heterocycles. The third-order valence-electron chi connectivity index (χ3n) is 7.82. The van der Waals surface area contributed by atoms with Gasteiger partial charge in [0, 0.05) is 18.7 Å². The molecule has 0 aliphatic carbocycles. The molecular weight excluding hydrogens is 635 g/mol. The van der Waals surface area contributed by atoms with Crippen LogP contribution in [0, 0.1) is 11.3 Å². The van der Waals surface area contributed by atoms with Crippen LogP contribution in [0.25, 0.3) is 0 Å². The predicted molar refractivity (Wildman–Crippen MR) is 157 cm³/mol. The smallest absolute Gasteiger partial charge is 0.394 e. The number of nitrogens with one attached hydrogen (secondary N) is 1. The van der Waals surface area contributed by atoms with E-state index in [1.165, 1.54) is 61.7 Å². The molecule has 1 fully saturated rings. The van der Waals surface area contributed by atoms with Gasteiger partial charge in [0.2, 0.25) is 0 Å². The molecule has 1 saturated heterocycles. The summed E-state index contributed by atoms with van der Waals surface area (Å²) in [5, 5.41) is 21.2. The van der Waals surface area contributed by atoms with E-state index in [2.05, 4.69) is 15.0 Å². The molecule has 2 aromatic carbocycles. The number of nitrogens with zero attached hydrogens (tertiary/aromatic N) is 3. The fourth-order valence-electron chi connectivity index (χ4n) is 5.17. The number of aliphatic hydroxyl groups excluding tert-OH is 1. The number of aliphatic hydroxyl groups is 1. The van der Waals surface area contributed by atoms with Crippen LogP contribution in [-0.2, 0) is 20.8 Å². The van der Waals surface area contributed by atoms with Crippen molar-refractivity contribution in [2.75, 3.05) is 30.4 Å². The first-order valence-electron chi connectivity index (χ1n) is 14.2. The van der Waals surface area contributed by atoms with Crippen LogP contribution < -0.4 is 10.2 Å². The van der Waals surface area contributed by atoms with Crippen molar-refractivity contribution in [3.05, 3.63) is 89.1 Å². The summed E-state index contributed by atoms with van der Waals surface area (Å²) in [7, 11) is -3.43. The standard InChI is InChI=1S/C31H31F5N4O5S/c1-2-46(43,44)26-12-6-21(7-13-26)27(17-41)39-29(42)22-8-14-28(38-15-22)40-16-23(5-11-25(40)18-45-30(32,33)19-37)20-3-9-24(10-4-20)31(34,35)36/h3-4,6-10,12-15,23,25,27,41H,2,5,11,16-18H2,1H3,(H,39,42)/t23?,25-,27-/m0/s1. The van der Waals surface area contributed by atoms with Crippen molar-refractivity contribution in [1.29, 1.82) is 5.26 Å². The number of amides is 1. The lowest BCUT2D eigenvalue weighted by molar-refractivity contribution is -0.196. The van der Waals surface area contributed by atoms with E-state index in [1.54, 1.807) is 4.90 Å². The number of halogens is 5. The van der Waals surface area contributed by atoms with Crippen molar-refractivity contribution in [2.24, 2.45) is 0 Å². The van der Waals surface area contributed by atoms with Gasteiger partial charge in [-0.1, -0.05) is 31.2 Å². The normalized spacial score (nSPS) is 18.1. The van der Waals surface area contributed by atoms with Gasteiger partial charge in [-0.05, 0) is 60.4 Å². The number of rotatable bonds is 11. The van der Waals surface area contributed by atoms with E-state index in [9.17, 15) is 40.3 Å². The summed E-state index contributed by atoms with van der Waals surface area (Å²) in [4.78, 5) is 19.1. The van der Waals surface area contributed by atoms with Gasteiger partial charge in [-0.25, -0.2) is 13.4 Å². The van der Waals surface area contributed by atoms with E-state index in [4.69, 9.17) is 5.26 Å². The van der Waals surface area contributed by atoms with Crippen molar-refractivity contribution >= 4 is 21.6 Å². The third kappa shape index (κ3) is 8.36. The molecule has 1 aliphatic heterocycles. The van der Waals surface area contributed by atoms with Gasteiger partial charge in [0.15, 0.2) is 15.9 Å². The molecule has 1 aromatic heterocycles. The van der Waals surface area contributed by atoms with E-state index < -0.39 is 58.9 Å². The Hall–Kier alpha value is -4.13. The number of alkyl halides is 5. The molecular formula is C31H31F5N4O5S. The quantitative estimate of drug-likeness (QED) is 0.266. The predicted octanol–water partition coefficient (Wildman–Crippen LogP) is 5.24. The molecule has 4 rings (SSSR count). The van der Waals surface area contributed by atoms with Crippen LogP contribution in [0.1, 0.15) is 58.8 Å². The average Bonchev–Trinajstić information content (AvgIpc) is 3.06. The minimum atomic E-state index is -4.50. The summed E-state index contributed by atoms with van der Waals surface area (Å²) < 4.78 is 95.1. The molecule has 0 spiro atoms. The van der Waals surface area contributed by atoms with E-state index in [0.29, 0.717) is 24.0 Å². The molecule has 246 valence electrons. The minimum absolute atomic E-state index is 0.0806. The van der Waals surface area contributed by atoms with Gasteiger partial charge in [0.05, 0.1) is 47.1 Å². The summed E-state index contributed by atoms with van der Waals surface area (Å²) >= 11 is 0. The van der Waals surface area contributed by atoms with E-state index in [1.807, 2.05) is 0 Å². The lowest BCUT2D eigenvalue weighted by atomic mass is 9.87. The Bertz CT molecular complexity index is 1640. The van der Waals surface area contributed by atoms with Crippen LogP contribution in [0.4, 0.5) is 27.8 Å². The maximum atomic E-state index is 13.6. The lowest BCUT2D eigenvalue weighted by Gasteiger charge is -2.40. The number of carbonyl (C=O) groups is 1. The Morgan fingerprint density at radius 3 is 2.30 bits per heavy atom. The Morgan fingerprint density at radius 2 is 1.76 bits per heavy atom. The number of hydrogen-bond donors (Lipinski definition) is 2. The Balaban J connectivity index is 1.52. The monoisotopic (exact) mass is 666 g/mol. The van der Waals surface area contributed by atoms with Crippen molar-refractivity contribution in [1.82, 2.24) is 10.3 Å². The average molecular weight is 667 g/mol. The zero-order valence-corrected chi connectivity index (χ0v) is 25.4. The van der Waals surface area contributed by atoms with Crippen LogP contribution in [0.5, 0.6) is 0 Å². The second-order valence-corrected chi connectivity index (χ2v) is 13.0. The number of hydrogen-bond acceptors (Lipinski definition) is 8. The fraction of sp³-hybridized carbons (Fsp3) is 0.387. The Labute approximate surface area is 262 Å². The number of pyridine rings is 1. The molecule has 1 aliphatic rings. The Morgan fingerprint density at radius 1 is 1.09 bits per heavy atom. The highest BCUT2D eigenvalue weighted by molar-refractivity contribution is 7.91. The second-order valence-electron chi connectivity index (χ2n) is 10.7. The molecule has 46 heavy (non-hydrogen) atoms. The van der Waals surface area contributed by atoms with Crippen LogP contribution in [-0.4, -0.2) is 62.1 Å². The van der Waals surface area contributed by atoms with Gasteiger partial charge >= 0.3 is 12.3 Å². The Kier molecular flexibility index (Phi) is 10.7. The highest BCUT2D eigenvalue weighted by Crippen LogP contribution is 2.36. The van der Waals surface area contributed by atoms with Crippen LogP contribution in [0.3, 0.4) is 0 Å². The molecule has 2 N–H and O–H groups in total. The summed E-state index contributed by atoms with van der Waals surface area (Å²) in [6.45, 7) is 0.696. The number of benzene rings is 2. The molecule has 3 aromatic rings. The van der Waals surface area contributed by atoms with Crippen molar-refractivity contribution < 1.29 is 45.0 Å². The largest absolute Gasteiger partial charge is 0.448 e. The fourth-order valence-corrected chi connectivity index (χ4v) is 6.06. The number of piperidine rings is 1. The number of nitriles is 1. The first-order valence-corrected chi connectivity index (χ1v) is 15.9. The number of sulfone groups is 1. The highest BCUT2D eigenvalue weighted by atomic mass is 32.2. The highest BCUT2D eigenvalue weighted by Gasteiger charge is 2.36. The minimum Gasteiger partial charge on any atom is -0.394 e. The lowest BCUT2D eigenvalue weighted by Crippen LogP contribution is -2.46. The topological polar surface area (TPSA) is 133 Å². The van der Waals surface area contributed by atoms with Gasteiger partial charge in [-0.3, -0.25) is 4.79 Å². The molecule has 9 nitrogen and oxygen atoms in total. The number of ether oxygens (including phenoxy) is 1. The van der Waals surface area contributed by atoms with Gasteiger partial charge in [-0.2, -0.15) is 27.2 Å². The van der Waals surface area contributed by atoms with Gasteiger partial charge in [-0.15, -0.1) is 0 Å². The van der Waals surface area contributed by atoms with E-state index in [0.717, 1.165) is 18.2 Å².